The fraction of sp³-hybridized carbons (Fsp3) is 0.400. The third-order valence-electron chi connectivity index (χ3n) is 3.70. The normalized spacial score (nSPS) is 10.8. The second-order valence-electron chi connectivity index (χ2n) is 6.13. The van der Waals surface area contributed by atoms with Crippen molar-refractivity contribution in [3.63, 3.8) is 0 Å². The van der Waals surface area contributed by atoms with E-state index in [4.69, 9.17) is 9.47 Å². The Morgan fingerprint density at radius 1 is 0.826 bits per heavy atom. The molecule has 0 unspecified atom stereocenters. The van der Waals surface area contributed by atoms with Crippen molar-refractivity contribution >= 4 is 0 Å². The Balaban J connectivity index is 1.72. The number of hydrogen-bond acceptors (Lipinski definition) is 3. The van der Waals surface area contributed by atoms with Gasteiger partial charge in [0, 0.05) is 13.1 Å². The highest BCUT2D eigenvalue weighted by molar-refractivity contribution is 5.28. The van der Waals surface area contributed by atoms with Crippen molar-refractivity contribution in [1.82, 2.24) is 5.32 Å². The van der Waals surface area contributed by atoms with E-state index in [9.17, 15) is 0 Å². The number of rotatable bonds is 9. The van der Waals surface area contributed by atoms with E-state index in [1.54, 1.807) is 7.11 Å². The van der Waals surface area contributed by atoms with Gasteiger partial charge in [-0.1, -0.05) is 38.1 Å². The van der Waals surface area contributed by atoms with Gasteiger partial charge in [0.05, 0.1) is 13.7 Å². The molecule has 2 aromatic rings. The van der Waals surface area contributed by atoms with Gasteiger partial charge in [0.2, 0.25) is 0 Å². The molecule has 3 nitrogen and oxygen atoms in total. The Morgan fingerprint density at radius 2 is 1.35 bits per heavy atom. The molecule has 0 saturated carbocycles. The predicted octanol–water partition coefficient (Wildman–Crippen LogP) is 4.41. The van der Waals surface area contributed by atoms with Crippen LogP contribution >= 0.6 is 0 Å². The van der Waals surface area contributed by atoms with Crippen molar-refractivity contribution in [2.75, 3.05) is 13.7 Å². The number of benzene rings is 2. The van der Waals surface area contributed by atoms with E-state index < -0.39 is 0 Å². The Hall–Kier alpha value is -2.00. The van der Waals surface area contributed by atoms with Gasteiger partial charge in [0.25, 0.3) is 0 Å². The zero-order chi connectivity index (χ0) is 16.5. The Morgan fingerprint density at radius 3 is 1.83 bits per heavy atom. The summed E-state index contributed by atoms with van der Waals surface area (Å²) >= 11 is 0. The average Bonchev–Trinajstić information content (AvgIpc) is 2.57. The van der Waals surface area contributed by atoms with Gasteiger partial charge in [-0.2, -0.15) is 0 Å². The van der Waals surface area contributed by atoms with Gasteiger partial charge in [0.1, 0.15) is 11.5 Å². The molecule has 3 heteroatoms. The summed E-state index contributed by atoms with van der Waals surface area (Å²) in [6, 6.07) is 16.5. The first-order valence-corrected chi connectivity index (χ1v) is 8.23. The first-order valence-electron chi connectivity index (χ1n) is 8.23. The van der Waals surface area contributed by atoms with Crippen LogP contribution in [0, 0.1) is 5.92 Å². The molecule has 2 rings (SSSR count). The summed E-state index contributed by atoms with van der Waals surface area (Å²) < 4.78 is 10.9. The average molecular weight is 313 g/mol. The van der Waals surface area contributed by atoms with Crippen LogP contribution in [0.15, 0.2) is 48.5 Å². The summed E-state index contributed by atoms with van der Waals surface area (Å²) in [5.74, 6) is 2.52. The van der Waals surface area contributed by atoms with Gasteiger partial charge in [-0.25, -0.2) is 0 Å². The number of nitrogens with one attached hydrogen (secondary N) is 1. The molecule has 0 aromatic heterocycles. The lowest BCUT2D eigenvalue weighted by atomic mass is 10.1. The number of ether oxygens (including phenoxy) is 2. The van der Waals surface area contributed by atoms with E-state index in [0.29, 0.717) is 5.92 Å². The summed E-state index contributed by atoms with van der Waals surface area (Å²) in [6.45, 7) is 6.89. The first-order chi connectivity index (χ1) is 11.2. The van der Waals surface area contributed by atoms with Crippen molar-refractivity contribution in [3.8, 4) is 11.5 Å². The Kier molecular flexibility index (Phi) is 6.95. The lowest BCUT2D eigenvalue weighted by Gasteiger charge is -2.09. The van der Waals surface area contributed by atoms with Gasteiger partial charge in [0.15, 0.2) is 0 Å². The second kappa shape index (κ2) is 9.21. The third kappa shape index (κ3) is 6.33. The van der Waals surface area contributed by atoms with Crippen molar-refractivity contribution in [2.45, 2.75) is 33.4 Å². The monoisotopic (exact) mass is 313 g/mol. The first kappa shape index (κ1) is 17.4. The molecular weight excluding hydrogens is 286 g/mol. The zero-order valence-electron chi connectivity index (χ0n) is 14.3. The largest absolute Gasteiger partial charge is 0.497 e. The van der Waals surface area contributed by atoms with Crippen LogP contribution in [0.5, 0.6) is 11.5 Å². The molecule has 0 aliphatic heterocycles. The second-order valence-corrected chi connectivity index (χ2v) is 6.13. The van der Waals surface area contributed by atoms with Crippen LogP contribution < -0.4 is 14.8 Å². The van der Waals surface area contributed by atoms with E-state index in [1.165, 1.54) is 11.1 Å². The van der Waals surface area contributed by atoms with Crippen LogP contribution in [0.1, 0.15) is 31.4 Å². The van der Waals surface area contributed by atoms with Crippen LogP contribution in [0.2, 0.25) is 0 Å². The molecule has 0 saturated heterocycles. The molecular formula is C20H27NO2. The maximum Gasteiger partial charge on any atom is 0.119 e. The highest BCUT2D eigenvalue weighted by Crippen LogP contribution is 2.14. The molecule has 0 spiro atoms. The van der Waals surface area contributed by atoms with Crippen molar-refractivity contribution in [2.24, 2.45) is 5.92 Å². The van der Waals surface area contributed by atoms with E-state index >= 15 is 0 Å². The molecule has 1 N–H and O–H groups in total. The molecule has 23 heavy (non-hydrogen) atoms. The third-order valence-corrected chi connectivity index (χ3v) is 3.70. The van der Waals surface area contributed by atoms with Gasteiger partial charge < -0.3 is 14.8 Å². The highest BCUT2D eigenvalue weighted by Gasteiger charge is 1.99. The van der Waals surface area contributed by atoms with E-state index in [-0.39, 0.29) is 0 Å². The molecule has 2 aromatic carbocycles. The standard InChI is InChI=1S/C20H27NO2/c1-16(2)12-13-23-20-10-6-18(7-11-20)15-21-14-17-4-8-19(22-3)9-5-17/h4-11,16,21H,12-15H2,1-3H3. The van der Waals surface area contributed by atoms with Crippen LogP contribution in [-0.4, -0.2) is 13.7 Å². The van der Waals surface area contributed by atoms with Gasteiger partial charge in [-0.3, -0.25) is 0 Å². The topological polar surface area (TPSA) is 30.5 Å². The summed E-state index contributed by atoms with van der Waals surface area (Å²) in [7, 11) is 1.68. The summed E-state index contributed by atoms with van der Waals surface area (Å²) in [6.07, 6.45) is 1.09. The van der Waals surface area contributed by atoms with E-state index in [1.807, 2.05) is 24.3 Å². The number of hydrogen-bond donors (Lipinski definition) is 1. The van der Waals surface area contributed by atoms with Crippen molar-refractivity contribution in [3.05, 3.63) is 59.7 Å². The van der Waals surface area contributed by atoms with Gasteiger partial charge in [-0.15, -0.1) is 0 Å². The summed E-state index contributed by atoms with van der Waals surface area (Å²) in [5.41, 5.74) is 2.51. The molecule has 0 heterocycles. The fourth-order valence-corrected chi connectivity index (χ4v) is 2.21. The van der Waals surface area contributed by atoms with Crippen molar-refractivity contribution in [1.29, 1.82) is 0 Å². The maximum atomic E-state index is 5.74. The number of methoxy groups -OCH3 is 1. The Bertz CT molecular complexity index is 561. The van der Waals surface area contributed by atoms with Crippen molar-refractivity contribution < 1.29 is 9.47 Å². The minimum absolute atomic E-state index is 0.677. The molecule has 0 aliphatic rings. The Labute approximate surface area is 139 Å². The molecule has 0 radical (unpaired) electrons. The molecule has 124 valence electrons. The van der Waals surface area contributed by atoms with Gasteiger partial charge >= 0.3 is 0 Å². The molecule has 0 bridgehead atoms. The lowest BCUT2D eigenvalue weighted by molar-refractivity contribution is 0.289. The minimum Gasteiger partial charge on any atom is -0.497 e. The molecule has 0 aliphatic carbocycles. The zero-order valence-corrected chi connectivity index (χ0v) is 14.3. The van der Waals surface area contributed by atoms with E-state index in [0.717, 1.165) is 37.6 Å². The summed E-state index contributed by atoms with van der Waals surface area (Å²) in [4.78, 5) is 0. The predicted molar refractivity (Wildman–Crippen MR) is 94.9 cm³/mol. The quantitative estimate of drug-likeness (QED) is 0.744. The van der Waals surface area contributed by atoms with Crippen LogP contribution in [-0.2, 0) is 13.1 Å². The SMILES string of the molecule is COc1ccc(CNCc2ccc(OCCC(C)C)cc2)cc1. The summed E-state index contributed by atoms with van der Waals surface area (Å²) in [5, 5.41) is 3.45. The van der Waals surface area contributed by atoms with Gasteiger partial charge in [-0.05, 0) is 47.7 Å². The molecule has 0 fully saturated rings. The highest BCUT2D eigenvalue weighted by atomic mass is 16.5. The smallest absolute Gasteiger partial charge is 0.119 e. The van der Waals surface area contributed by atoms with E-state index in [2.05, 4.69) is 43.4 Å². The lowest BCUT2D eigenvalue weighted by Crippen LogP contribution is -2.12. The molecule has 0 amide bonds. The van der Waals surface area contributed by atoms with Crippen LogP contribution in [0.25, 0.3) is 0 Å². The fourth-order valence-electron chi connectivity index (χ4n) is 2.21. The van der Waals surface area contributed by atoms with Crippen LogP contribution in [0.3, 0.4) is 0 Å². The minimum atomic E-state index is 0.677. The van der Waals surface area contributed by atoms with Crippen LogP contribution in [0.4, 0.5) is 0 Å². The maximum absolute atomic E-state index is 5.74. The molecule has 0 atom stereocenters.